The molecule has 1 atom stereocenters. The van der Waals surface area contributed by atoms with Gasteiger partial charge in [-0.05, 0) is 164 Å². The summed E-state index contributed by atoms with van der Waals surface area (Å²) in [4.78, 5) is 8.11. The summed E-state index contributed by atoms with van der Waals surface area (Å²) in [6.07, 6.45) is 17.7. The van der Waals surface area contributed by atoms with Gasteiger partial charge < -0.3 is 9.80 Å². The highest BCUT2D eigenvalue weighted by molar-refractivity contribution is 8.33. The van der Waals surface area contributed by atoms with Gasteiger partial charge in [0.15, 0.2) is 0 Å². The molecule has 6 aliphatic rings. The zero-order valence-electron chi connectivity index (χ0n) is 42.0. The fraction of sp³-hybridized carbons (Fsp3) is 0.194. The molecule has 1 spiro atoms. The smallest absolute Gasteiger partial charge is 0.117 e. The van der Waals surface area contributed by atoms with E-state index in [4.69, 9.17) is 0 Å². The summed E-state index contributed by atoms with van der Waals surface area (Å²) in [6, 6.07) is 67.7. The second-order valence-corrected chi connectivity index (χ2v) is 30.7. The fourth-order valence-corrected chi connectivity index (χ4v) is 19.7. The van der Waals surface area contributed by atoms with E-state index in [0.717, 1.165) is 19.3 Å². The average Bonchev–Trinajstić information content (AvgIpc) is 3.97. The first-order valence-corrected chi connectivity index (χ1v) is 31.1. The molecule has 14 rings (SSSR count). The van der Waals surface area contributed by atoms with Crippen LogP contribution in [-0.2, 0) is 23.7 Å². The Balaban J connectivity index is 0.800. The molecule has 8 aromatic carbocycles. The second kappa shape index (κ2) is 14.9. The predicted molar refractivity (Wildman–Crippen MR) is 306 cm³/mol. The van der Waals surface area contributed by atoms with Gasteiger partial charge in [-0.15, -0.1) is 0 Å². The van der Waals surface area contributed by atoms with Crippen LogP contribution in [0.25, 0.3) is 28.9 Å². The van der Waals surface area contributed by atoms with E-state index in [1.54, 1.807) is 5.57 Å². The summed E-state index contributed by atoms with van der Waals surface area (Å²) >= 11 is 0. The normalized spacial score (nSPS) is 20.9. The number of benzene rings is 8. The second-order valence-electron chi connectivity index (χ2n) is 22.9. The number of para-hydroxylation sites is 4. The monoisotopic (exact) mass is 952 g/mol. The molecule has 0 radical (unpaired) electrons. The van der Waals surface area contributed by atoms with E-state index in [1.807, 2.05) is 0 Å². The van der Waals surface area contributed by atoms with Gasteiger partial charge in [0.1, 0.15) is 8.07 Å². The standard InChI is InChI=1S/C67H60N2SSi/c1-65(2)53-38-44(30-33-49(53)50-35-32-48(40-54(50)65)68-57-20-10-14-24-61(57)70(4,5)62-25-15-11-21-58(62)68)28-29-45-31-34-51-52-36-37-66(3,43-56(52)67(55(51)39-45)41-46-18-8-9-19-47(46)42-67)69-59-22-12-16-26-63(59)71(6,7)64-27-17-13-23-60(64)69/h8-40H,41-43H2,1-7H3. The van der Waals surface area contributed by atoms with Gasteiger partial charge in [0, 0.05) is 37.7 Å². The van der Waals surface area contributed by atoms with Gasteiger partial charge >= 0.3 is 0 Å². The van der Waals surface area contributed by atoms with E-state index >= 15 is 0 Å². The molecule has 71 heavy (non-hydrogen) atoms. The van der Waals surface area contributed by atoms with Crippen LogP contribution in [0.1, 0.15) is 71.7 Å². The Bertz CT molecular complexity index is 3590. The predicted octanol–water partition coefficient (Wildman–Crippen LogP) is 15.9. The third-order valence-electron chi connectivity index (χ3n) is 17.9. The summed E-state index contributed by atoms with van der Waals surface area (Å²) in [5.41, 5.74) is 23.0. The molecule has 2 nitrogen and oxygen atoms in total. The van der Waals surface area contributed by atoms with Crippen molar-refractivity contribution in [3.8, 4) is 11.1 Å². The van der Waals surface area contributed by atoms with Crippen LogP contribution < -0.4 is 20.2 Å². The molecule has 2 heterocycles. The molecule has 2 aliphatic heterocycles. The lowest BCUT2D eigenvalue weighted by atomic mass is 9.69. The number of rotatable bonds is 4. The minimum absolute atomic E-state index is 0.0922. The SMILES string of the molecule is CC1(C)c2cc(C=Cc3ccc4c(c3)C3(Cc5ccccc5C3)C3=C4C=CC(C)(N4c5ccccc5[Si](C)(C)c5ccccc54)C3)ccc2-c2ccc(N3c4ccccc4S(C)(C)c4ccccc43)cc21. The van der Waals surface area contributed by atoms with E-state index < -0.39 is 18.1 Å². The number of anilines is 5. The third kappa shape index (κ3) is 5.95. The molecule has 0 bridgehead atoms. The minimum Gasteiger partial charge on any atom is -0.332 e. The van der Waals surface area contributed by atoms with E-state index in [1.165, 1.54) is 110 Å². The zero-order chi connectivity index (χ0) is 48.2. The van der Waals surface area contributed by atoms with Gasteiger partial charge in [0.2, 0.25) is 0 Å². The fourth-order valence-electron chi connectivity index (χ4n) is 14.3. The van der Waals surface area contributed by atoms with Crippen molar-refractivity contribution in [2.45, 2.75) is 79.3 Å². The number of nitrogens with zero attached hydrogens (tertiary/aromatic N) is 2. The lowest BCUT2D eigenvalue weighted by Crippen LogP contribution is -2.62. The summed E-state index contributed by atoms with van der Waals surface area (Å²) in [7, 11) is -3.06. The number of allylic oxidation sites excluding steroid dienone is 2. The van der Waals surface area contributed by atoms with Crippen LogP contribution in [0.5, 0.6) is 0 Å². The Morgan fingerprint density at radius 3 is 1.61 bits per heavy atom. The molecule has 348 valence electrons. The van der Waals surface area contributed by atoms with Crippen LogP contribution in [0.2, 0.25) is 13.1 Å². The van der Waals surface area contributed by atoms with Crippen molar-refractivity contribution in [3.05, 3.63) is 238 Å². The number of hydrogen-bond donors (Lipinski definition) is 0. The first kappa shape index (κ1) is 43.0. The van der Waals surface area contributed by atoms with Crippen molar-refractivity contribution in [2.75, 3.05) is 22.3 Å². The highest BCUT2D eigenvalue weighted by Crippen LogP contribution is 2.68. The minimum atomic E-state index is -1.91. The molecule has 4 aliphatic carbocycles. The van der Waals surface area contributed by atoms with Gasteiger partial charge in [-0.3, -0.25) is 0 Å². The molecule has 0 saturated carbocycles. The molecule has 4 heteroatoms. The topological polar surface area (TPSA) is 6.48 Å². The van der Waals surface area contributed by atoms with Gasteiger partial charge in [0.05, 0.1) is 16.9 Å². The quantitative estimate of drug-likeness (QED) is 0.128. The Labute approximate surface area is 423 Å². The molecule has 1 unspecified atom stereocenters. The van der Waals surface area contributed by atoms with Crippen molar-refractivity contribution in [2.24, 2.45) is 0 Å². The van der Waals surface area contributed by atoms with Crippen LogP contribution in [0.4, 0.5) is 28.4 Å². The Morgan fingerprint density at radius 1 is 0.507 bits per heavy atom. The van der Waals surface area contributed by atoms with E-state index in [-0.39, 0.29) is 16.4 Å². The summed E-state index contributed by atoms with van der Waals surface area (Å²) in [5, 5.41) is 3.06. The van der Waals surface area contributed by atoms with Crippen LogP contribution in [0, 0.1) is 0 Å². The maximum Gasteiger partial charge on any atom is 0.117 e. The highest BCUT2D eigenvalue weighted by Gasteiger charge is 2.53. The molecule has 0 amide bonds. The van der Waals surface area contributed by atoms with Crippen LogP contribution in [0.15, 0.2) is 203 Å². The van der Waals surface area contributed by atoms with Gasteiger partial charge in [-0.25, -0.2) is 0 Å². The van der Waals surface area contributed by atoms with Crippen LogP contribution in [0.3, 0.4) is 0 Å². The van der Waals surface area contributed by atoms with Crippen molar-refractivity contribution >= 4 is 74.6 Å². The van der Waals surface area contributed by atoms with Gasteiger partial charge in [-0.1, -0.05) is 179 Å². The summed E-state index contributed by atoms with van der Waals surface area (Å²) < 4.78 is 0. The molecule has 0 fully saturated rings. The first-order chi connectivity index (χ1) is 34.3. The number of hydrogen-bond acceptors (Lipinski definition) is 2. The van der Waals surface area contributed by atoms with Crippen LogP contribution >= 0.6 is 10.0 Å². The molecular formula is C67H60N2SSi. The first-order valence-electron chi connectivity index (χ1n) is 25.6. The largest absolute Gasteiger partial charge is 0.332 e. The van der Waals surface area contributed by atoms with Gasteiger partial charge in [0.25, 0.3) is 0 Å². The van der Waals surface area contributed by atoms with Crippen molar-refractivity contribution < 1.29 is 0 Å². The summed E-state index contributed by atoms with van der Waals surface area (Å²) in [6.45, 7) is 12.4. The maximum atomic E-state index is 2.72. The molecule has 0 N–H and O–H groups in total. The molecular weight excluding hydrogens is 893 g/mol. The maximum absolute atomic E-state index is 2.72. The zero-order valence-corrected chi connectivity index (χ0v) is 43.8. The lowest BCUT2D eigenvalue weighted by Gasteiger charge is -2.50. The van der Waals surface area contributed by atoms with E-state index in [0.29, 0.717) is 0 Å². The van der Waals surface area contributed by atoms with E-state index in [2.05, 4.69) is 256 Å². The molecule has 0 saturated heterocycles. The Morgan fingerprint density at radius 2 is 1.00 bits per heavy atom. The van der Waals surface area contributed by atoms with Crippen molar-refractivity contribution in [3.63, 3.8) is 0 Å². The average molecular weight is 953 g/mol. The highest BCUT2D eigenvalue weighted by atomic mass is 32.3. The Hall–Kier alpha value is -6.85. The lowest BCUT2D eigenvalue weighted by molar-refractivity contribution is 0.467. The van der Waals surface area contributed by atoms with Crippen molar-refractivity contribution in [1.82, 2.24) is 0 Å². The summed E-state index contributed by atoms with van der Waals surface area (Å²) in [5.74, 6) is 0. The van der Waals surface area contributed by atoms with Crippen molar-refractivity contribution in [1.29, 1.82) is 0 Å². The van der Waals surface area contributed by atoms with E-state index in [9.17, 15) is 0 Å². The Kier molecular flexibility index (Phi) is 8.99. The third-order valence-corrected chi connectivity index (χ3v) is 24.3. The molecule has 0 aromatic heterocycles. The number of fused-ring (bicyclic) bond motifs is 12. The molecule has 8 aromatic rings. The van der Waals surface area contributed by atoms with Gasteiger partial charge in [-0.2, -0.15) is 10.0 Å². The van der Waals surface area contributed by atoms with Crippen LogP contribution in [-0.4, -0.2) is 26.1 Å².